The minimum Gasteiger partial charge on any atom is -0.449 e. The van der Waals surface area contributed by atoms with Gasteiger partial charge in [0.05, 0.1) is 5.56 Å². The number of amides is 1. The molecule has 29 heavy (non-hydrogen) atoms. The summed E-state index contributed by atoms with van der Waals surface area (Å²) in [6, 6.07) is 3.43. The lowest BCUT2D eigenvalue weighted by Crippen LogP contribution is -2.47. The van der Waals surface area contributed by atoms with Gasteiger partial charge in [0.2, 0.25) is 0 Å². The summed E-state index contributed by atoms with van der Waals surface area (Å²) >= 11 is 1.43. The van der Waals surface area contributed by atoms with Crippen LogP contribution in [0.5, 0.6) is 0 Å². The van der Waals surface area contributed by atoms with E-state index in [0.29, 0.717) is 22.2 Å². The highest BCUT2D eigenvalue weighted by atomic mass is 32.1. The van der Waals surface area contributed by atoms with E-state index in [4.69, 9.17) is 4.74 Å². The third-order valence-electron chi connectivity index (χ3n) is 5.24. The van der Waals surface area contributed by atoms with Gasteiger partial charge in [-0.1, -0.05) is 19.3 Å². The number of pyridine rings is 1. The number of hydrogen-bond donors (Lipinski definition) is 0. The van der Waals surface area contributed by atoms with Crippen LogP contribution in [-0.2, 0) is 9.53 Å². The fraction of sp³-hybridized carbons (Fsp3) is 0.450. The van der Waals surface area contributed by atoms with Crippen LogP contribution in [0.1, 0.15) is 55.2 Å². The predicted molar refractivity (Wildman–Crippen MR) is 109 cm³/mol. The summed E-state index contributed by atoms with van der Waals surface area (Å²) < 4.78 is 7.24. The van der Waals surface area contributed by atoms with Crippen LogP contribution in [0.15, 0.2) is 29.9 Å². The number of nitrogens with zero attached hydrogens (tertiary/aromatic N) is 5. The van der Waals surface area contributed by atoms with Gasteiger partial charge in [0.25, 0.3) is 5.91 Å². The molecule has 152 valence electrons. The molecule has 1 saturated carbocycles. The molecule has 0 aliphatic heterocycles. The molecule has 3 aromatic rings. The number of fused-ring (bicyclic) bond motifs is 1. The Labute approximate surface area is 172 Å². The standard InChI is InChI=1S/C20H23N5O3S/c1-13(28-19(27)15-8-9-17-23-22-14(2)24(17)12-15)18(26)25(20-21-10-11-29-20)16-6-4-3-5-7-16/h8-13,16H,3-7H2,1-2H3. The normalized spacial score (nSPS) is 15.9. The van der Waals surface area contributed by atoms with E-state index < -0.39 is 12.1 Å². The van der Waals surface area contributed by atoms with Gasteiger partial charge < -0.3 is 4.74 Å². The van der Waals surface area contributed by atoms with Crippen molar-refractivity contribution in [2.75, 3.05) is 4.90 Å². The molecule has 1 amide bonds. The maximum atomic E-state index is 13.2. The molecule has 1 atom stereocenters. The fourth-order valence-electron chi connectivity index (χ4n) is 3.71. The van der Waals surface area contributed by atoms with Crippen molar-refractivity contribution in [2.24, 2.45) is 0 Å². The summed E-state index contributed by atoms with van der Waals surface area (Å²) in [6.45, 7) is 3.42. The highest BCUT2D eigenvalue weighted by molar-refractivity contribution is 7.13. The van der Waals surface area contributed by atoms with Crippen molar-refractivity contribution in [3.05, 3.63) is 41.3 Å². The first-order valence-electron chi connectivity index (χ1n) is 9.79. The van der Waals surface area contributed by atoms with Gasteiger partial charge in [-0.2, -0.15) is 0 Å². The number of carbonyl (C=O) groups is 2. The fourth-order valence-corrected chi connectivity index (χ4v) is 4.42. The van der Waals surface area contributed by atoms with Crippen molar-refractivity contribution in [2.45, 2.75) is 58.1 Å². The molecule has 4 rings (SSSR count). The van der Waals surface area contributed by atoms with Gasteiger partial charge in [-0.25, -0.2) is 9.78 Å². The lowest BCUT2D eigenvalue weighted by molar-refractivity contribution is -0.127. The van der Waals surface area contributed by atoms with Gasteiger partial charge in [-0.3, -0.25) is 14.1 Å². The SMILES string of the molecule is Cc1nnc2ccc(C(=O)OC(C)C(=O)N(c3nccs3)C3CCCCC3)cn12. The van der Waals surface area contributed by atoms with Crippen molar-refractivity contribution in [1.29, 1.82) is 0 Å². The van der Waals surface area contributed by atoms with E-state index >= 15 is 0 Å². The van der Waals surface area contributed by atoms with E-state index in [1.807, 2.05) is 5.38 Å². The maximum Gasteiger partial charge on any atom is 0.340 e. The molecule has 0 radical (unpaired) electrons. The van der Waals surface area contributed by atoms with E-state index in [1.54, 1.807) is 47.7 Å². The monoisotopic (exact) mass is 413 g/mol. The Bertz CT molecular complexity index is 1010. The molecule has 1 fully saturated rings. The van der Waals surface area contributed by atoms with E-state index in [-0.39, 0.29) is 11.9 Å². The second kappa shape index (κ2) is 8.28. The zero-order valence-electron chi connectivity index (χ0n) is 16.4. The largest absolute Gasteiger partial charge is 0.449 e. The van der Waals surface area contributed by atoms with Crippen LogP contribution in [0, 0.1) is 6.92 Å². The van der Waals surface area contributed by atoms with Crippen LogP contribution in [-0.4, -0.2) is 43.6 Å². The van der Waals surface area contributed by atoms with Gasteiger partial charge in [0.1, 0.15) is 5.82 Å². The molecular formula is C20H23N5O3S. The van der Waals surface area contributed by atoms with Crippen LogP contribution in [0.4, 0.5) is 5.13 Å². The van der Waals surface area contributed by atoms with Gasteiger partial charge in [-0.15, -0.1) is 21.5 Å². The molecular weight excluding hydrogens is 390 g/mol. The molecule has 0 aromatic carbocycles. The lowest BCUT2D eigenvalue weighted by atomic mass is 9.94. The number of anilines is 1. The summed E-state index contributed by atoms with van der Waals surface area (Å²) in [5, 5.41) is 10.5. The lowest BCUT2D eigenvalue weighted by Gasteiger charge is -2.33. The Morgan fingerprint density at radius 1 is 1.24 bits per heavy atom. The van der Waals surface area contributed by atoms with Crippen LogP contribution in [0.3, 0.4) is 0 Å². The number of ether oxygens (including phenoxy) is 1. The Balaban J connectivity index is 1.51. The number of carbonyl (C=O) groups excluding carboxylic acids is 2. The minimum atomic E-state index is -0.911. The van der Waals surface area contributed by atoms with Crippen LogP contribution in [0.2, 0.25) is 0 Å². The van der Waals surface area contributed by atoms with E-state index in [2.05, 4.69) is 15.2 Å². The zero-order valence-corrected chi connectivity index (χ0v) is 17.3. The number of rotatable bonds is 5. The Morgan fingerprint density at radius 3 is 2.76 bits per heavy atom. The number of thiazole rings is 1. The molecule has 3 heterocycles. The third kappa shape index (κ3) is 4.00. The molecule has 1 aliphatic rings. The van der Waals surface area contributed by atoms with E-state index in [9.17, 15) is 9.59 Å². The Hall–Kier alpha value is -2.81. The maximum absolute atomic E-state index is 13.2. The molecule has 0 spiro atoms. The zero-order chi connectivity index (χ0) is 20.4. The quantitative estimate of drug-likeness (QED) is 0.596. The first kappa shape index (κ1) is 19.5. The van der Waals surface area contributed by atoms with Crippen molar-refractivity contribution >= 4 is 34.0 Å². The average molecular weight is 414 g/mol. The summed E-state index contributed by atoms with van der Waals surface area (Å²) in [5.74, 6) is -0.114. The summed E-state index contributed by atoms with van der Waals surface area (Å²) in [7, 11) is 0. The molecule has 1 unspecified atom stereocenters. The summed E-state index contributed by atoms with van der Waals surface area (Å²) in [6.07, 6.45) is 7.65. The van der Waals surface area contributed by atoms with Crippen molar-refractivity contribution in [3.63, 3.8) is 0 Å². The number of esters is 1. The van der Waals surface area contributed by atoms with Gasteiger partial charge in [-0.05, 0) is 38.8 Å². The van der Waals surface area contributed by atoms with Crippen LogP contribution >= 0.6 is 11.3 Å². The van der Waals surface area contributed by atoms with E-state index in [1.165, 1.54) is 17.8 Å². The van der Waals surface area contributed by atoms with Crippen molar-refractivity contribution in [3.8, 4) is 0 Å². The highest BCUT2D eigenvalue weighted by Gasteiger charge is 2.33. The minimum absolute atomic E-state index is 0.0968. The molecule has 8 nitrogen and oxygen atoms in total. The number of aryl methyl sites for hydroxylation is 1. The predicted octanol–water partition coefficient (Wildman–Crippen LogP) is 3.41. The topological polar surface area (TPSA) is 89.7 Å². The Morgan fingerprint density at radius 2 is 2.03 bits per heavy atom. The van der Waals surface area contributed by atoms with E-state index in [0.717, 1.165) is 25.7 Å². The molecule has 9 heteroatoms. The second-order valence-electron chi connectivity index (χ2n) is 7.26. The molecule has 1 aliphatic carbocycles. The van der Waals surface area contributed by atoms with Gasteiger partial charge in [0, 0.05) is 23.8 Å². The third-order valence-corrected chi connectivity index (χ3v) is 6.01. The Kier molecular flexibility index (Phi) is 5.57. The van der Waals surface area contributed by atoms with Crippen LogP contribution < -0.4 is 4.90 Å². The first-order chi connectivity index (χ1) is 14.0. The van der Waals surface area contributed by atoms with Crippen LogP contribution in [0.25, 0.3) is 5.65 Å². The van der Waals surface area contributed by atoms with Gasteiger partial charge in [0.15, 0.2) is 16.9 Å². The van der Waals surface area contributed by atoms with Gasteiger partial charge >= 0.3 is 5.97 Å². The summed E-state index contributed by atoms with van der Waals surface area (Å²) in [4.78, 5) is 32.0. The number of aromatic nitrogens is 4. The molecule has 0 N–H and O–H groups in total. The summed E-state index contributed by atoms with van der Waals surface area (Å²) in [5.41, 5.74) is 0.994. The smallest absolute Gasteiger partial charge is 0.340 e. The first-order valence-corrected chi connectivity index (χ1v) is 10.7. The molecule has 0 bridgehead atoms. The van der Waals surface area contributed by atoms with Crippen molar-refractivity contribution in [1.82, 2.24) is 19.6 Å². The molecule has 0 saturated heterocycles. The number of hydrogen-bond acceptors (Lipinski definition) is 7. The average Bonchev–Trinajstić information content (AvgIpc) is 3.39. The van der Waals surface area contributed by atoms with Crippen molar-refractivity contribution < 1.29 is 14.3 Å². The molecule has 3 aromatic heterocycles. The highest BCUT2D eigenvalue weighted by Crippen LogP contribution is 2.29. The second-order valence-corrected chi connectivity index (χ2v) is 8.13.